The predicted molar refractivity (Wildman–Crippen MR) is 51.1 cm³/mol. The van der Waals surface area contributed by atoms with Gasteiger partial charge in [-0.25, -0.2) is 4.79 Å². The quantitative estimate of drug-likeness (QED) is 0.814. The van der Waals surface area contributed by atoms with E-state index in [1.54, 1.807) is 6.92 Å². The molecule has 1 aromatic heterocycles. The number of amides is 1. The summed E-state index contributed by atoms with van der Waals surface area (Å²) in [6, 6.07) is 0. The van der Waals surface area contributed by atoms with Crippen molar-refractivity contribution >= 4 is 23.7 Å². The van der Waals surface area contributed by atoms with Gasteiger partial charge in [-0.3, -0.25) is 10.4 Å². The highest BCUT2D eigenvalue weighted by Gasteiger charge is 2.31. The molecule has 0 unspecified atom stereocenters. The Morgan fingerprint density at radius 2 is 2.38 bits per heavy atom. The van der Waals surface area contributed by atoms with Crippen molar-refractivity contribution in [1.29, 1.82) is 0 Å². The maximum absolute atomic E-state index is 12.1. The van der Waals surface area contributed by atoms with Gasteiger partial charge in [0.05, 0.1) is 11.5 Å². The molecule has 5 nitrogen and oxygen atoms in total. The van der Waals surface area contributed by atoms with E-state index in [1.165, 1.54) is 0 Å². The standard InChI is InChI=1S/C7H8F3N3O2S/c1-2-15-6(14)12-5-4(3-11-13-5)16-7(8,9)10/h3H,2H2,1H3,(H2,11,12,13,14). The molecular formula is C7H8F3N3O2S. The summed E-state index contributed by atoms with van der Waals surface area (Å²) >= 11 is -0.370. The van der Waals surface area contributed by atoms with Gasteiger partial charge in [0.1, 0.15) is 0 Å². The molecule has 1 amide bonds. The number of nitrogens with zero attached hydrogens (tertiary/aromatic N) is 1. The van der Waals surface area contributed by atoms with Gasteiger partial charge in [-0.2, -0.15) is 18.3 Å². The maximum Gasteiger partial charge on any atom is 0.446 e. The second-order valence-electron chi connectivity index (χ2n) is 2.49. The molecule has 0 aliphatic carbocycles. The van der Waals surface area contributed by atoms with Crippen LogP contribution in [0.4, 0.5) is 23.8 Å². The van der Waals surface area contributed by atoms with Crippen molar-refractivity contribution in [3.05, 3.63) is 6.20 Å². The van der Waals surface area contributed by atoms with Gasteiger partial charge in [-0.05, 0) is 18.7 Å². The first-order chi connectivity index (χ1) is 7.42. The zero-order valence-corrected chi connectivity index (χ0v) is 8.91. The molecule has 0 aliphatic heterocycles. The number of aromatic amines is 1. The molecule has 0 bridgehead atoms. The van der Waals surface area contributed by atoms with Crippen molar-refractivity contribution in [2.45, 2.75) is 17.3 Å². The van der Waals surface area contributed by atoms with Gasteiger partial charge in [-0.15, -0.1) is 0 Å². The van der Waals surface area contributed by atoms with Crippen LogP contribution in [0.25, 0.3) is 0 Å². The van der Waals surface area contributed by atoms with Crippen molar-refractivity contribution in [3.8, 4) is 0 Å². The van der Waals surface area contributed by atoms with E-state index in [-0.39, 0.29) is 29.1 Å². The van der Waals surface area contributed by atoms with Gasteiger partial charge in [0.2, 0.25) is 0 Å². The van der Waals surface area contributed by atoms with Crippen molar-refractivity contribution in [1.82, 2.24) is 10.2 Å². The van der Waals surface area contributed by atoms with E-state index in [2.05, 4.69) is 20.3 Å². The molecule has 0 aliphatic rings. The molecule has 0 radical (unpaired) electrons. The van der Waals surface area contributed by atoms with Crippen LogP contribution in [0, 0.1) is 0 Å². The minimum atomic E-state index is -4.44. The second-order valence-corrected chi connectivity index (χ2v) is 3.60. The molecule has 9 heteroatoms. The summed E-state index contributed by atoms with van der Waals surface area (Å²) in [5.41, 5.74) is -4.44. The summed E-state index contributed by atoms with van der Waals surface area (Å²) in [5.74, 6) is -0.208. The average molecular weight is 255 g/mol. The lowest BCUT2D eigenvalue weighted by molar-refractivity contribution is -0.0328. The third kappa shape index (κ3) is 4.01. The number of alkyl halides is 3. The highest BCUT2D eigenvalue weighted by Crippen LogP contribution is 2.39. The minimum absolute atomic E-state index is 0.123. The number of ether oxygens (including phenoxy) is 1. The van der Waals surface area contributed by atoms with Gasteiger partial charge in [0.15, 0.2) is 5.82 Å². The van der Waals surface area contributed by atoms with Crippen LogP contribution in [0.2, 0.25) is 0 Å². The SMILES string of the molecule is CCOC(=O)Nc1n[nH]cc1SC(F)(F)F. The number of nitrogens with one attached hydrogen (secondary N) is 2. The second kappa shape index (κ2) is 5.10. The number of halogens is 3. The monoisotopic (exact) mass is 255 g/mol. The van der Waals surface area contributed by atoms with Gasteiger partial charge in [0, 0.05) is 6.20 Å². The molecule has 0 saturated heterocycles. The fourth-order valence-corrected chi connectivity index (χ4v) is 1.39. The molecule has 90 valence electrons. The summed E-state index contributed by atoms with van der Waals surface area (Å²) in [6.45, 7) is 1.70. The van der Waals surface area contributed by atoms with E-state index in [0.29, 0.717) is 0 Å². The number of hydrogen-bond donors (Lipinski definition) is 2. The third-order valence-corrected chi connectivity index (χ3v) is 2.09. The average Bonchev–Trinajstić information content (AvgIpc) is 2.50. The van der Waals surface area contributed by atoms with Gasteiger partial charge >= 0.3 is 11.6 Å². The Balaban J connectivity index is 2.67. The van der Waals surface area contributed by atoms with Crippen molar-refractivity contribution in [2.75, 3.05) is 11.9 Å². The summed E-state index contributed by atoms with van der Waals surface area (Å²) in [6.07, 6.45) is 0.193. The molecule has 0 spiro atoms. The molecule has 2 N–H and O–H groups in total. The lowest BCUT2D eigenvalue weighted by Gasteiger charge is -2.06. The Bertz CT molecular complexity index is 366. The van der Waals surface area contributed by atoms with Crippen molar-refractivity contribution < 1.29 is 22.7 Å². The lowest BCUT2D eigenvalue weighted by atomic mass is 10.6. The number of rotatable bonds is 3. The molecule has 1 rings (SSSR count). The van der Waals surface area contributed by atoms with E-state index < -0.39 is 11.6 Å². The number of hydrogen-bond acceptors (Lipinski definition) is 4. The first-order valence-electron chi connectivity index (χ1n) is 4.15. The van der Waals surface area contributed by atoms with Gasteiger partial charge in [0.25, 0.3) is 0 Å². The van der Waals surface area contributed by atoms with Crippen molar-refractivity contribution in [2.24, 2.45) is 0 Å². The van der Waals surface area contributed by atoms with Crippen LogP contribution in [0.5, 0.6) is 0 Å². The van der Waals surface area contributed by atoms with Crippen LogP contribution in [-0.2, 0) is 4.74 Å². The largest absolute Gasteiger partial charge is 0.450 e. The van der Waals surface area contributed by atoms with Crippen LogP contribution in [0.15, 0.2) is 11.1 Å². The molecule has 0 fully saturated rings. The van der Waals surface area contributed by atoms with Gasteiger partial charge in [-0.1, -0.05) is 0 Å². The Hall–Kier alpha value is -1.38. The number of anilines is 1. The Labute approximate surface area is 92.7 Å². The van der Waals surface area contributed by atoms with Crippen LogP contribution in [0.3, 0.4) is 0 Å². The number of H-pyrrole nitrogens is 1. The molecule has 1 aromatic rings. The van der Waals surface area contributed by atoms with E-state index in [4.69, 9.17) is 0 Å². The zero-order valence-electron chi connectivity index (χ0n) is 8.09. The first kappa shape index (κ1) is 12.7. The summed E-state index contributed by atoms with van der Waals surface area (Å²) in [7, 11) is 0. The Kier molecular flexibility index (Phi) is 4.05. The topological polar surface area (TPSA) is 67.0 Å². The molecule has 0 saturated carbocycles. The van der Waals surface area contributed by atoms with Gasteiger partial charge < -0.3 is 4.74 Å². The molecule has 0 aromatic carbocycles. The van der Waals surface area contributed by atoms with Crippen molar-refractivity contribution in [3.63, 3.8) is 0 Å². The van der Waals surface area contributed by atoms with Crippen LogP contribution < -0.4 is 5.32 Å². The molecule has 0 atom stereocenters. The highest BCUT2D eigenvalue weighted by atomic mass is 32.2. The summed E-state index contributed by atoms with van der Waals surface area (Å²) < 4.78 is 40.7. The number of carbonyl (C=O) groups is 1. The predicted octanol–water partition coefficient (Wildman–Crippen LogP) is 2.59. The number of thioether (sulfide) groups is 1. The van der Waals surface area contributed by atoms with E-state index in [9.17, 15) is 18.0 Å². The molecule has 16 heavy (non-hydrogen) atoms. The maximum atomic E-state index is 12.1. The summed E-state index contributed by atoms with van der Waals surface area (Å²) in [4.78, 5) is 10.7. The minimum Gasteiger partial charge on any atom is -0.450 e. The van der Waals surface area contributed by atoms with Crippen LogP contribution >= 0.6 is 11.8 Å². The Morgan fingerprint density at radius 3 is 2.94 bits per heavy atom. The van der Waals surface area contributed by atoms with Crippen LogP contribution in [-0.4, -0.2) is 28.4 Å². The number of aromatic nitrogens is 2. The smallest absolute Gasteiger partial charge is 0.446 e. The fourth-order valence-electron chi connectivity index (χ4n) is 0.835. The zero-order chi connectivity index (χ0) is 12.2. The highest BCUT2D eigenvalue weighted by molar-refractivity contribution is 8.00. The van der Waals surface area contributed by atoms with Crippen LogP contribution in [0.1, 0.15) is 6.92 Å². The molecular weight excluding hydrogens is 247 g/mol. The third-order valence-electron chi connectivity index (χ3n) is 1.33. The number of carbonyl (C=O) groups excluding carboxylic acids is 1. The summed E-state index contributed by atoms with van der Waals surface area (Å²) in [5, 5.41) is 7.78. The van der Waals surface area contributed by atoms with E-state index >= 15 is 0 Å². The lowest BCUT2D eigenvalue weighted by Crippen LogP contribution is -2.14. The van der Waals surface area contributed by atoms with E-state index in [1.807, 2.05) is 0 Å². The van der Waals surface area contributed by atoms with E-state index in [0.717, 1.165) is 6.20 Å². The first-order valence-corrected chi connectivity index (χ1v) is 4.97. The molecule has 1 heterocycles. The normalized spacial score (nSPS) is 11.2. The fraction of sp³-hybridized carbons (Fsp3) is 0.429. The Morgan fingerprint density at radius 1 is 1.69 bits per heavy atom.